The van der Waals surface area contributed by atoms with Crippen molar-refractivity contribution in [3.05, 3.63) is 58.6 Å². The first kappa shape index (κ1) is 37.0. The molecule has 5 rings (SSSR count). The van der Waals surface area contributed by atoms with Gasteiger partial charge in [-0.3, -0.25) is 9.69 Å². The molecule has 0 radical (unpaired) electrons. The second kappa shape index (κ2) is 17.0. The predicted octanol–water partition coefficient (Wildman–Crippen LogP) is 8.19. The van der Waals surface area contributed by atoms with Gasteiger partial charge in [0.25, 0.3) is 5.89 Å². The number of piperidine rings is 2. The topological polar surface area (TPSA) is 94.7 Å². The van der Waals surface area contributed by atoms with Gasteiger partial charge >= 0.3 is 5.97 Å². The van der Waals surface area contributed by atoms with E-state index in [1.54, 1.807) is 0 Å². The van der Waals surface area contributed by atoms with Crippen molar-refractivity contribution in [3.63, 3.8) is 0 Å². The van der Waals surface area contributed by atoms with Crippen molar-refractivity contribution in [2.24, 2.45) is 11.3 Å². The maximum absolute atomic E-state index is 12.3. The van der Waals surface area contributed by atoms with Crippen LogP contribution < -0.4 is 5.32 Å². The Labute approximate surface area is 287 Å². The molecule has 0 unspecified atom stereocenters. The van der Waals surface area contributed by atoms with E-state index in [-0.39, 0.29) is 0 Å². The number of carboxylic acids is 1. The van der Waals surface area contributed by atoms with E-state index >= 15 is 0 Å². The van der Waals surface area contributed by atoms with Crippen LogP contribution in [0.15, 0.2) is 47.0 Å². The summed E-state index contributed by atoms with van der Waals surface area (Å²) in [5, 5.41) is 18.1. The van der Waals surface area contributed by atoms with Crippen LogP contribution in [0.25, 0.3) is 22.8 Å². The summed E-state index contributed by atoms with van der Waals surface area (Å²) in [5.74, 6) is 0.910. The number of hydrogen-bond donors (Lipinski definition) is 2. The molecular weight excluding hydrogens is 610 g/mol. The van der Waals surface area contributed by atoms with Crippen LogP contribution in [0.2, 0.25) is 5.02 Å². The Morgan fingerprint density at radius 1 is 1.00 bits per heavy atom. The van der Waals surface area contributed by atoms with Gasteiger partial charge in [0.2, 0.25) is 5.82 Å². The van der Waals surface area contributed by atoms with Gasteiger partial charge in [-0.25, -0.2) is 0 Å². The van der Waals surface area contributed by atoms with E-state index in [1.807, 2.05) is 37.4 Å². The molecule has 0 aliphatic carbocycles. The van der Waals surface area contributed by atoms with E-state index in [4.69, 9.17) is 16.1 Å². The summed E-state index contributed by atoms with van der Waals surface area (Å²) in [6.45, 7) is 16.5. The van der Waals surface area contributed by atoms with Gasteiger partial charge in [-0.1, -0.05) is 67.4 Å². The van der Waals surface area contributed by atoms with Crippen molar-refractivity contribution in [1.82, 2.24) is 25.3 Å². The lowest BCUT2D eigenvalue weighted by Crippen LogP contribution is -2.44. The number of benzene rings is 2. The largest absolute Gasteiger partial charge is 0.481 e. The summed E-state index contributed by atoms with van der Waals surface area (Å²) in [6, 6.07) is 14.2. The smallest absolute Gasteiger partial charge is 0.309 e. The Morgan fingerprint density at radius 2 is 1.64 bits per heavy atom. The standard InChI is InChI=1S/C33H43ClN4O3.C5H13N/c1-24(2)21-27-11-12-28(22-29(27)34)31-35-30(36-41-31)26-9-7-25(8-10-26)23-38-19-14-33(15-20-38,32(39)40)13-6-18-37-16-4-3-5-17-37;1-5(2,3)6-4/h7-12,22,24H,3-6,13-21,23H2,1-2H3,(H,39,40);6H,1-4H3. The molecule has 47 heavy (non-hydrogen) atoms. The highest BCUT2D eigenvalue weighted by molar-refractivity contribution is 6.31. The highest BCUT2D eigenvalue weighted by Gasteiger charge is 2.41. The maximum Gasteiger partial charge on any atom is 0.309 e. The molecule has 3 aromatic rings. The summed E-state index contributed by atoms with van der Waals surface area (Å²) in [4.78, 5) is 21.8. The predicted molar refractivity (Wildman–Crippen MR) is 192 cm³/mol. The Bertz CT molecular complexity index is 1400. The molecule has 2 aliphatic heterocycles. The fourth-order valence-electron chi connectivity index (χ4n) is 6.30. The van der Waals surface area contributed by atoms with Gasteiger partial charge in [-0.2, -0.15) is 4.98 Å². The number of halogens is 1. The van der Waals surface area contributed by atoms with Gasteiger partial charge in [0.05, 0.1) is 5.41 Å². The summed E-state index contributed by atoms with van der Waals surface area (Å²) < 4.78 is 5.56. The van der Waals surface area contributed by atoms with Crippen LogP contribution in [0, 0.1) is 11.3 Å². The van der Waals surface area contributed by atoms with Gasteiger partial charge in [0.15, 0.2) is 0 Å². The highest BCUT2D eigenvalue weighted by Crippen LogP contribution is 2.37. The first-order chi connectivity index (χ1) is 22.4. The first-order valence-electron chi connectivity index (χ1n) is 17.5. The Kier molecular flexibility index (Phi) is 13.4. The quantitative estimate of drug-likeness (QED) is 0.212. The molecule has 0 spiro atoms. The molecule has 2 fully saturated rings. The molecule has 1 aromatic heterocycles. The fraction of sp³-hybridized carbons (Fsp3) is 0.605. The third-order valence-electron chi connectivity index (χ3n) is 9.57. The summed E-state index contributed by atoms with van der Waals surface area (Å²) >= 11 is 6.50. The minimum absolute atomic E-state index is 0.292. The van der Waals surface area contributed by atoms with Crippen LogP contribution in [0.4, 0.5) is 0 Å². The van der Waals surface area contributed by atoms with Crippen molar-refractivity contribution in [1.29, 1.82) is 0 Å². The average molecular weight is 666 g/mol. The minimum Gasteiger partial charge on any atom is -0.481 e. The number of carboxylic acid groups (broad SMARTS) is 1. The number of likely N-dealkylation sites (tertiary alicyclic amines) is 2. The molecule has 2 N–H and O–H groups in total. The number of nitrogens with one attached hydrogen (secondary N) is 1. The van der Waals surface area contributed by atoms with Crippen LogP contribution in [0.3, 0.4) is 0 Å². The fourth-order valence-corrected chi connectivity index (χ4v) is 6.55. The van der Waals surface area contributed by atoms with E-state index in [0.29, 0.717) is 36.0 Å². The lowest BCUT2D eigenvalue weighted by atomic mass is 9.74. The van der Waals surface area contributed by atoms with Gasteiger partial charge in [-0.15, -0.1) is 0 Å². The maximum atomic E-state index is 12.3. The SMILES string of the molecule is CC(C)Cc1ccc(-c2nc(-c3ccc(CN4CCC(CCCN5CCCCC5)(C(=O)O)CC4)cc3)no2)cc1Cl.CNC(C)(C)C. The zero-order valence-corrected chi connectivity index (χ0v) is 30.2. The van der Waals surface area contributed by atoms with Gasteiger partial charge in [0.1, 0.15) is 0 Å². The molecule has 2 aromatic carbocycles. The van der Waals surface area contributed by atoms with Gasteiger partial charge in [0, 0.05) is 28.2 Å². The van der Waals surface area contributed by atoms with Crippen molar-refractivity contribution < 1.29 is 14.4 Å². The molecule has 0 bridgehead atoms. The first-order valence-corrected chi connectivity index (χ1v) is 17.8. The molecule has 9 heteroatoms. The van der Waals surface area contributed by atoms with Crippen molar-refractivity contribution in [2.75, 3.05) is 39.8 Å². The Morgan fingerprint density at radius 3 is 2.21 bits per heavy atom. The second-order valence-electron chi connectivity index (χ2n) is 14.9. The van der Waals surface area contributed by atoms with Crippen LogP contribution in [-0.4, -0.2) is 76.3 Å². The molecule has 0 atom stereocenters. The van der Waals surface area contributed by atoms with Crippen molar-refractivity contribution in [3.8, 4) is 22.8 Å². The minimum atomic E-state index is -0.617. The lowest BCUT2D eigenvalue weighted by Gasteiger charge is -2.39. The molecule has 8 nitrogen and oxygen atoms in total. The number of aromatic nitrogens is 2. The summed E-state index contributed by atoms with van der Waals surface area (Å²) in [6.07, 6.45) is 8.00. The lowest BCUT2D eigenvalue weighted by molar-refractivity contribution is -0.153. The highest BCUT2D eigenvalue weighted by atomic mass is 35.5. The number of nitrogens with zero attached hydrogens (tertiary/aromatic N) is 4. The van der Waals surface area contributed by atoms with Crippen molar-refractivity contribution in [2.45, 2.75) is 98.1 Å². The zero-order valence-electron chi connectivity index (χ0n) is 29.4. The molecule has 0 amide bonds. The number of rotatable bonds is 11. The van der Waals surface area contributed by atoms with Crippen LogP contribution in [-0.2, 0) is 17.8 Å². The number of hydrogen-bond acceptors (Lipinski definition) is 7. The molecular formula is C38H56ClN5O3. The molecule has 258 valence electrons. The molecule has 0 saturated carbocycles. The average Bonchev–Trinajstić information content (AvgIpc) is 3.54. The number of aliphatic carboxylic acids is 1. The van der Waals surface area contributed by atoms with E-state index in [0.717, 1.165) is 67.2 Å². The van der Waals surface area contributed by atoms with E-state index in [1.165, 1.54) is 37.9 Å². The normalized spacial score (nSPS) is 17.4. The Balaban J connectivity index is 0.000000762. The number of carbonyl (C=O) groups is 1. The monoisotopic (exact) mass is 665 g/mol. The third-order valence-corrected chi connectivity index (χ3v) is 9.92. The van der Waals surface area contributed by atoms with Crippen LogP contribution in [0.1, 0.15) is 90.7 Å². The summed E-state index contributed by atoms with van der Waals surface area (Å²) in [5.41, 5.74) is 3.73. The van der Waals surface area contributed by atoms with Gasteiger partial charge < -0.3 is 19.8 Å². The van der Waals surface area contributed by atoms with Crippen LogP contribution >= 0.6 is 11.6 Å². The zero-order chi connectivity index (χ0) is 34.0. The van der Waals surface area contributed by atoms with Crippen LogP contribution in [0.5, 0.6) is 0 Å². The third kappa shape index (κ3) is 11.1. The van der Waals surface area contributed by atoms with E-state index < -0.39 is 11.4 Å². The summed E-state index contributed by atoms with van der Waals surface area (Å²) in [7, 11) is 1.96. The van der Waals surface area contributed by atoms with E-state index in [9.17, 15) is 9.90 Å². The van der Waals surface area contributed by atoms with Gasteiger partial charge in [-0.05, 0) is 135 Å². The second-order valence-corrected chi connectivity index (χ2v) is 15.3. The molecule has 2 aliphatic rings. The molecule has 3 heterocycles. The molecule has 2 saturated heterocycles. The Hall–Kier alpha value is -2.78. The van der Waals surface area contributed by atoms with E-state index in [2.05, 4.69) is 72.0 Å². The van der Waals surface area contributed by atoms with Crippen molar-refractivity contribution >= 4 is 17.6 Å².